The van der Waals surface area contributed by atoms with E-state index < -0.39 is 156 Å². The molecule has 15 N–H and O–H groups in total. The largest absolute Gasteiger partial charge is 0.480 e. The number of hydrogen-bond donors (Lipinski definition) is 14. The van der Waals surface area contributed by atoms with Crippen LogP contribution >= 0.6 is 0 Å². The smallest absolute Gasteiger partial charge is 0.330 e. The van der Waals surface area contributed by atoms with E-state index in [4.69, 9.17) is 24.7 Å². The van der Waals surface area contributed by atoms with Crippen molar-refractivity contribution >= 4 is 47.7 Å². The molecule has 0 saturated carbocycles. The van der Waals surface area contributed by atoms with Gasteiger partial charge in [0.1, 0.15) is 66.9 Å². The number of guanidine groups is 1. The lowest BCUT2D eigenvalue weighted by Gasteiger charge is -2.36. The Morgan fingerprint density at radius 1 is 0.807 bits per heavy atom. The maximum atomic E-state index is 14.9. The average molecular weight is 1180 g/mol. The molecule has 4 aliphatic rings. The number of aromatic nitrogens is 2. The predicted molar refractivity (Wildman–Crippen MR) is 295 cm³/mol. The van der Waals surface area contributed by atoms with Crippen LogP contribution in [0.15, 0.2) is 26.8 Å². The highest BCUT2D eigenvalue weighted by Crippen LogP contribution is 2.38. The zero-order chi connectivity index (χ0) is 61.2. The number of carboxylic acids is 1. The number of aliphatic hydroxyl groups is 4. The Labute approximate surface area is 480 Å². The first-order chi connectivity index (χ1) is 39.4. The van der Waals surface area contributed by atoms with Gasteiger partial charge < -0.3 is 92.3 Å². The standard InChI is InChI=1S/C52H87N13O18/c1-8-10-12-14-19-56-49(76)57-25-29-36(68)41(80-7)47(81-29)83-39(40-37(69)38(70)45(82-40)65-24-18-30(66)59-51(65)78)34-44(73)64(22-15-13-11-9-2)52(79)63(34)23-16-20-54-42(71)33(35(67)27(5)6)60-43(72)32(28-17-21-55-48(53)58-28)62-50(77)61-31(26(3)4)46(74)75/h18,24,26-29,31-41,45,47,67-70H,8-17,19-23,25H2,1-7H3,(H,54,71)(H,60,72)(H,74,75)(H3,53,55,58)(H2,56,57,76)(H,59,66,78)(H2,61,62,77)/t28?,29-,31?,32?,33?,34?,35?,36+,37+,38-,39-,40+,41-,45-,47?/m1/s1. The zero-order valence-corrected chi connectivity index (χ0v) is 48.2. The number of amides is 9. The summed E-state index contributed by atoms with van der Waals surface area (Å²) in [4.78, 5) is 129. The number of aliphatic carboxylic acids is 1. The second kappa shape index (κ2) is 32.0. The second-order valence-corrected chi connectivity index (χ2v) is 21.8. The Kier molecular flexibility index (Phi) is 25.9. The summed E-state index contributed by atoms with van der Waals surface area (Å²) in [5.74, 6) is -5.25. The third-order valence-electron chi connectivity index (χ3n) is 15.0. The van der Waals surface area contributed by atoms with E-state index >= 15 is 0 Å². The van der Waals surface area contributed by atoms with E-state index in [1.54, 1.807) is 27.7 Å². The van der Waals surface area contributed by atoms with Crippen molar-refractivity contribution in [3.8, 4) is 0 Å². The summed E-state index contributed by atoms with van der Waals surface area (Å²) in [6, 6.07) is -8.52. The monoisotopic (exact) mass is 1180 g/mol. The summed E-state index contributed by atoms with van der Waals surface area (Å²) in [5, 5.41) is 74.2. The van der Waals surface area contributed by atoms with Gasteiger partial charge in [-0.1, -0.05) is 80.1 Å². The summed E-state index contributed by atoms with van der Waals surface area (Å²) in [5.41, 5.74) is 4.13. The number of rotatable bonds is 32. The number of carbonyl (C=O) groups excluding carboxylic acids is 6. The Hall–Kier alpha value is -6.48. The van der Waals surface area contributed by atoms with Crippen molar-refractivity contribution in [2.75, 3.05) is 46.4 Å². The van der Waals surface area contributed by atoms with Crippen molar-refractivity contribution < 1.29 is 78.0 Å². The van der Waals surface area contributed by atoms with Crippen molar-refractivity contribution in [3.63, 3.8) is 0 Å². The summed E-state index contributed by atoms with van der Waals surface area (Å²) < 4.78 is 25.3. The lowest BCUT2D eigenvalue weighted by Crippen LogP contribution is -2.66. The number of urea groups is 3. The summed E-state index contributed by atoms with van der Waals surface area (Å²) in [6.07, 6.45) is -8.93. The van der Waals surface area contributed by atoms with Gasteiger partial charge in [-0.15, -0.1) is 0 Å². The number of ether oxygens (including phenoxy) is 4. The average Bonchev–Trinajstić information content (AvgIpc) is 2.31. The third-order valence-corrected chi connectivity index (χ3v) is 15.0. The number of aromatic amines is 1. The van der Waals surface area contributed by atoms with Crippen LogP contribution < -0.4 is 54.2 Å². The van der Waals surface area contributed by atoms with Gasteiger partial charge in [-0.2, -0.15) is 0 Å². The van der Waals surface area contributed by atoms with Gasteiger partial charge in [0, 0.05) is 58.6 Å². The topological polar surface area (TPSA) is 441 Å². The van der Waals surface area contributed by atoms with Crippen LogP contribution in [0.3, 0.4) is 0 Å². The van der Waals surface area contributed by atoms with Crippen LogP contribution in [0.25, 0.3) is 0 Å². The van der Waals surface area contributed by atoms with E-state index in [0.717, 1.165) is 65.2 Å². The molecule has 0 bridgehead atoms. The molecule has 1 aromatic rings. The Morgan fingerprint density at radius 3 is 2.12 bits per heavy atom. The van der Waals surface area contributed by atoms with Crippen LogP contribution in [-0.2, 0) is 38.1 Å². The molecule has 7 unspecified atom stereocenters. The van der Waals surface area contributed by atoms with Crippen LogP contribution in [0.4, 0.5) is 14.4 Å². The molecule has 0 radical (unpaired) electrons. The number of nitrogens with one attached hydrogen (secondary N) is 8. The minimum atomic E-state index is -1.97. The Morgan fingerprint density at radius 2 is 1.49 bits per heavy atom. The molecule has 0 aliphatic carbocycles. The van der Waals surface area contributed by atoms with Crippen molar-refractivity contribution in [3.05, 3.63) is 33.1 Å². The number of hydrogen-bond acceptors (Lipinski definition) is 20. The molecule has 5 rings (SSSR count). The fourth-order valence-electron chi connectivity index (χ4n) is 10.2. The van der Waals surface area contributed by atoms with Gasteiger partial charge in [0.2, 0.25) is 11.8 Å². The van der Waals surface area contributed by atoms with Gasteiger partial charge in [-0.05, 0) is 37.5 Å². The first kappa shape index (κ1) is 67.3. The summed E-state index contributed by atoms with van der Waals surface area (Å²) in [7, 11) is 1.24. The third kappa shape index (κ3) is 17.8. The van der Waals surface area contributed by atoms with E-state index in [0.29, 0.717) is 19.4 Å². The quantitative estimate of drug-likeness (QED) is 0.0256. The molecule has 31 heteroatoms. The number of methoxy groups -OCH3 is 1. The highest BCUT2D eigenvalue weighted by molar-refractivity contribution is 6.04. The van der Waals surface area contributed by atoms with Gasteiger partial charge in [0.05, 0.1) is 12.1 Å². The lowest BCUT2D eigenvalue weighted by atomic mass is 9.97. The van der Waals surface area contributed by atoms with E-state index in [1.165, 1.54) is 7.11 Å². The van der Waals surface area contributed by atoms with Crippen LogP contribution in [0.2, 0.25) is 0 Å². The first-order valence-electron chi connectivity index (χ1n) is 28.6. The maximum Gasteiger partial charge on any atom is 0.330 e. The zero-order valence-electron chi connectivity index (χ0n) is 48.2. The minimum absolute atomic E-state index is 0.0465. The summed E-state index contributed by atoms with van der Waals surface area (Å²) in [6.45, 7) is 9.99. The molecule has 468 valence electrons. The molecule has 0 aromatic carbocycles. The van der Waals surface area contributed by atoms with Gasteiger partial charge in [-0.3, -0.25) is 38.6 Å². The maximum absolute atomic E-state index is 14.9. The van der Waals surface area contributed by atoms with Crippen molar-refractivity contribution in [2.24, 2.45) is 22.6 Å². The Balaban J connectivity index is 1.43. The van der Waals surface area contributed by atoms with Crippen LogP contribution in [0.5, 0.6) is 0 Å². The summed E-state index contributed by atoms with van der Waals surface area (Å²) >= 11 is 0. The molecule has 5 heterocycles. The van der Waals surface area contributed by atoms with Crippen LogP contribution in [0.1, 0.15) is 112 Å². The number of imide groups is 1. The fourth-order valence-corrected chi connectivity index (χ4v) is 10.2. The van der Waals surface area contributed by atoms with Gasteiger partial charge >= 0.3 is 29.8 Å². The number of nitrogens with two attached hydrogens (primary N) is 1. The molecule has 0 spiro atoms. The van der Waals surface area contributed by atoms with Crippen molar-refractivity contribution in [2.45, 2.75) is 197 Å². The number of carbonyl (C=O) groups is 7. The SMILES string of the molecule is CCCCCCNC(=O)NC[C@H]1OC(O[C@H](C2C(=O)N(CCCCCC)C(=O)N2CCCNC(=O)C(NC(=O)C(NC(=O)NC(C(=O)O)C(C)C)C2CCN=C(N)N2)C(O)C(C)C)[C@H]2O[C@@H](n3ccc(=O)[nH]c3=O)[C@H](O)[C@@H]2O)[C@H](OC)[C@H]1O. The van der Waals surface area contributed by atoms with Crippen LogP contribution in [0, 0.1) is 11.8 Å². The molecule has 1 aromatic heterocycles. The van der Waals surface area contributed by atoms with E-state index in [2.05, 4.69) is 54.1 Å². The number of unbranched alkanes of at least 4 members (excludes halogenated alkanes) is 6. The molecule has 83 heavy (non-hydrogen) atoms. The molecule has 4 aliphatic heterocycles. The fraction of sp³-hybridized carbons (Fsp3) is 0.769. The number of H-pyrrole nitrogens is 1. The van der Waals surface area contributed by atoms with Crippen molar-refractivity contribution in [1.29, 1.82) is 0 Å². The molecular formula is C52H87N13O18. The first-order valence-corrected chi connectivity index (χ1v) is 28.6. The van der Waals surface area contributed by atoms with E-state index in [1.807, 2.05) is 6.92 Å². The number of nitrogens with zero attached hydrogens (tertiary/aromatic N) is 4. The molecular weight excluding hydrogens is 1090 g/mol. The van der Waals surface area contributed by atoms with Crippen molar-refractivity contribution in [1.82, 2.24) is 56.6 Å². The molecule has 3 saturated heterocycles. The molecule has 15 atom stereocenters. The van der Waals surface area contributed by atoms with Crippen LogP contribution in [-0.4, -0.2) is 224 Å². The molecule has 31 nitrogen and oxygen atoms in total. The Bertz CT molecular complexity index is 2500. The highest BCUT2D eigenvalue weighted by atomic mass is 16.7. The predicted octanol–water partition coefficient (Wildman–Crippen LogP) is -2.80. The van der Waals surface area contributed by atoms with Gasteiger partial charge in [0.25, 0.3) is 11.5 Å². The second-order valence-electron chi connectivity index (χ2n) is 21.8. The van der Waals surface area contributed by atoms with E-state index in [9.17, 15) is 68.7 Å². The normalized spacial score (nSPS) is 26.2. The van der Waals surface area contributed by atoms with Gasteiger partial charge in [-0.25, -0.2) is 24.0 Å². The number of aliphatic hydroxyl groups excluding tert-OH is 4. The van der Waals surface area contributed by atoms with E-state index in [-0.39, 0.29) is 51.5 Å². The number of carboxylic acid groups (broad SMARTS) is 1. The lowest BCUT2D eigenvalue weighted by molar-refractivity contribution is -0.233. The van der Waals surface area contributed by atoms with Gasteiger partial charge in [0.15, 0.2) is 18.5 Å². The molecule has 9 amide bonds. The molecule has 3 fully saturated rings. The highest BCUT2D eigenvalue weighted by Gasteiger charge is 2.59. The minimum Gasteiger partial charge on any atom is -0.480 e. The number of aliphatic imine (C=N–C) groups is 1.